The van der Waals surface area contributed by atoms with Crippen LogP contribution < -0.4 is 11.1 Å². The fraction of sp³-hybridized carbons (Fsp3) is 0.923. The molecule has 3 atom stereocenters. The molecular formula is C13H26N2O. The number of carbonyl (C=O) groups excluding carboxylic acids is 1. The molecule has 1 rings (SSSR count). The fourth-order valence-electron chi connectivity index (χ4n) is 2.13. The van der Waals surface area contributed by atoms with Crippen molar-refractivity contribution in [1.29, 1.82) is 0 Å². The molecule has 1 fully saturated rings. The molecule has 16 heavy (non-hydrogen) atoms. The van der Waals surface area contributed by atoms with Gasteiger partial charge in [0.05, 0.1) is 0 Å². The normalized spacial score (nSPS) is 27.8. The SMILES string of the molecule is CC1CCC(NC(=O)CC(N)C(C)(C)C)C1. The van der Waals surface area contributed by atoms with E-state index >= 15 is 0 Å². The summed E-state index contributed by atoms with van der Waals surface area (Å²) in [6.45, 7) is 8.46. The zero-order valence-corrected chi connectivity index (χ0v) is 11.0. The lowest BCUT2D eigenvalue weighted by atomic mass is 9.85. The van der Waals surface area contributed by atoms with Crippen LogP contribution in [0.2, 0.25) is 0 Å². The molecule has 0 bridgehead atoms. The maximum atomic E-state index is 11.8. The Hall–Kier alpha value is -0.570. The number of nitrogens with one attached hydrogen (secondary N) is 1. The van der Waals surface area contributed by atoms with Crippen LogP contribution in [-0.4, -0.2) is 18.0 Å². The molecule has 94 valence electrons. The molecule has 0 aromatic heterocycles. The zero-order valence-electron chi connectivity index (χ0n) is 11.0. The number of hydrogen-bond donors (Lipinski definition) is 2. The van der Waals surface area contributed by atoms with E-state index in [9.17, 15) is 4.79 Å². The summed E-state index contributed by atoms with van der Waals surface area (Å²) in [6.07, 6.45) is 3.92. The number of rotatable bonds is 3. The van der Waals surface area contributed by atoms with Gasteiger partial charge in [0.15, 0.2) is 0 Å². The monoisotopic (exact) mass is 226 g/mol. The van der Waals surface area contributed by atoms with Gasteiger partial charge in [0, 0.05) is 18.5 Å². The minimum Gasteiger partial charge on any atom is -0.353 e. The Balaban J connectivity index is 2.31. The van der Waals surface area contributed by atoms with Crippen LogP contribution >= 0.6 is 0 Å². The Morgan fingerprint density at radius 2 is 2.06 bits per heavy atom. The van der Waals surface area contributed by atoms with Crippen molar-refractivity contribution >= 4 is 5.91 Å². The van der Waals surface area contributed by atoms with Gasteiger partial charge in [0.1, 0.15) is 0 Å². The van der Waals surface area contributed by atoms with E-state index in [0.29, 0.717) is 12.5 Å². The minimum atomic E-state index is -0.0636. The van der Waals surface area contributed by atoms with Gasteiger partial charge in [-0.3, -0.25) is 4.79 Å². The van der Waals surface area contributed by atoms with E-state index in [0.717, 1.165) is 18.8 Å². The van der Waals surface area contributed by atoms with E-state index in [-0.39, 0.29) is 17.4 Å². The summed E-state index contributed by atoms with van der Waals surface area (Å²) < 4.78 is 0. The molecule has 0 aliphatic heterocycles. The standard InChI is InChI=1S/C13H26N2O/c1-9-5-6-10(7-9)15-12(16)8-11(14)13(2,3)4/h9-11H,5-8,14H2,1-4H3,(H,15,16). The molecule has 1 aliphatic rings. The van der Waals surface area contributed by atoms with Crippen molar-refractivity contribution < 1.29 is 4.79 Å². The van der Waals surface area contributed by atoms with E-state index in [4.69, 9.17) is 5.73 Å². The number of amides is 1. The third-order valence-electron chi connectivity index (χ3n) is 3.58. The van der Waals surface area contributed by atoms with E-state index in [1.807, 2.05) is 0 Å². The van der Waals surface area contributed by atoms with Crippen molar-refractivity contribution in [3.63, 3.8) is 0 Å². The molecule has 1 amide bonds. The highest BCUT2D eigenvalue weighted by atomic mass is 16.1. The highest BCUT2D eigenvalue weighted by Crippen LogP contribution is 2.25. The van der Waals surface area contributed by atoms with E-state index < -0.39 is 0 Å². The topological polar surface area (TPSA) is 55.1 Å². The maximum Gasteiger partial charge on any atom is 0.221 e. The molecule has 3 unspecified atom stereocenters. The van der Waals surface area contributed by atoms with Crippen molar-refractivity contribution in [2.45, 2.75) is 65.5 Å². The van der Waals surface area contributed by atoms with Gasteiger partial charge >= 0.3 is 0 Å². The second-order valence-corrected chi connectivity index (χ2v) is 6.36. The number of carbonyl (C=O) groups is 1. The van der Waals surface area contributed by atoms with Gasteiger partial charge in [-0.2, -0.15) is 0 Å². The zero-order chi connectivity index (χ0) is 12.3. The summed E-state index contributed by atoms with van der Waals surface area (Å²) in [7, 11) is 0. The fourth-order valence-corrected chi connectivity index (χ4v) is 2.13. The van der Waals surface area contributed by atoms with Crippen LogP contribution in [0.5, 0.6) is 0 Å². The minimum absolute atomic E-state index is 0.000305. The summed E-state index contributed by atoms with van der Waals surface area (Å²) >= 11 is 0. The smallest absolute Gasteiger partial charge is 0.221 e. The van der Waals surface area contributed by atoms with Gasteiger partial charge in [-0.25, -0.2) is 0 Å². The van der Waals surface area contributed by atoms with Crippen molar-refractivity contribution in [3.05, 3.63) is 0 Å². The average Bonchev–Trinajstić information content (AvgIpc) is 2.49. The highest BCUT2D eigenvalue weighted by Gasteiger charge is 2.26. The molecule has 0 aromatic rings. The van der Waals surface area contributed by atoms with Gasteiger partial charge < -0.3 is 11.1 Å². The third-order valence-corrected chi connectivity index (χ3v) is 3.58. The first-order valence-electron chi connectivity index (χ1n) is 6.34. The second kappa shape index (κ2) is 5.17. The molecule has 3 nitrogen and oxygen atoms in total. The molecule has 3 N–H and O–H groups in total. The molecule has 3 heteroatoms. The van der Waals surface area contributed by atoms with Crippen molar-refractivity contribution in [2.75, 3.05) is 0 Å². The molecule has 0 radical (unpaired) electrons. The molecule has 0 saturated heterocycles. The lowest BCUT2D eigenvalue weighted by molar-refractivity contribution is -0.122. The number of hydrogen-bond acceptors (Lipinski definition) is 2. The first-order chi connectivity index (χ1) is 7.29. The van der Waals surface area contributed by atoms with Crippen LogP contribution in [0.4, 0.5) is 0 Å². The van der Waals surface area contributed by atoms with Gasteiger partial charge in [0.2, 0.25) is 5.91 Å². The Morgan fingerprint density at radius 3 is 2.50 bits per heavy atom. The van der Waals surface area contributed by atoms with Gasteiger partial charge in [-0.1, -0.05) is 27.7 Å². The Morgan fingerprint density at radius 1 is 1.44 bits per heavy atom. The highest BCUT2D eigenvalue weighted by molar-refractivity contribution is 5.77. The first kappa shape index (κ1) is 13.5. The lowest BCUT2D eigenvalue weighted by Gasteiger charge is -2.27. The Bertz CT molecular complexity index is 245. The van der Waals surface area contributed by atoms with Crippen LogP contribution in [-0.2, 0) is 4.79 Å². The van der Waals surface area contributed by atoms with Crippen LogP contribution in [0, 0.1) is 11.3 Å². The summed E-state index contributed by atoms with van der Waals surface area (Å²) in [5, 5.41) is 3.09. The van der Waals surface area contributed by atoms with Crippen molar-refractivity contribution in [2.24, 2.45) is 17.1 Å². The number of nitrogens with two attached hydrogens (primary N) is 1. The maximum absolute atomic E-state index is 11.8. The predicted molar refractivity (Wildman–Crippen MR) is 67.0 cm³/mol. The summed E-state index contributed by atoms with van der Waals surface area (Å²) in [5.74, 6) is 0.864. The Labute approximate surface area is 99.2 Å². The summed E-state index contributed by atoms with van der Waals surface area (Å²) in [6, 6.07) is 0.320. The summed E-state index contributed by atoms with van der Waals surface area (Å²) in [5.41, 5.74) is 5.99. The molecule has 1 aliphatic carbocycles. The van der Waals surface area contributed by atoms with Gasteiger partial charge in [0.25, 0.3) is 0 Å². The molecular weight excluding hydrogens is 200 g/mol. The van der Waals surface area contributed by atoms with Crippen molar-refractivity contribution in [1.82, 2.24) is 5.32 Å². The molecule has 0 aromatic carbocycles. The van der Waals surface area contributed by atoms with Crippen LogP contribution in [0.15, 0.2) is 0 Å². The van der Waals surface area contributed by atoms with E-state index in [2.05, 4.69) is 33.0 Å². The Kier molecular flexibility index (Phi) is 4.36. The average molecular weight is 226 g/mol. The summed E-state index contributed by atoms with van der Waals surface area (Å²) in [4.78, 5) is 11.8. The largest absolute Gasteiger partial charge is 0.353 e. The molecule has 0 heterocycles. The quantitative estimate of drug-likeness (QED) is 0.774. The van der Waals surface area contributed by atoms with Gasteiger partial charge in [-0.15, -0.1) is 0 Å². The molecule has 0 spiro atoms. The second-order valence-electron chi connectivity index (χ2n) is 6.36. The van der Waals surface area contributed by atoms with Crippen LogP contribution in [0.1, 0.15) is 53.4 Å². The van der Waals surface area contributed by atoms with Crippen molar-refractivity contribution in [3.8, 4) is 0 Å². The van der Waals surface area contributed by atoms with Crippen LogP contribution in [0.3, 0.4) is 0 Å². The predicted octanol–water partition coefficient (Wildman–Crippen LogP) is 2.05. The lowest BCUT2D eigenvalue weighted by Crippen LogP contribution is -2.42. The third kappa shape index (κ3) is 4.12. The first-order valence-corrected chi connectivity index (χ1v) is 6.34. The molecule has 1 saturated carbocycles. The van der Waals surface area contributed by atoms with E-state index in [1.54, 1.807) is 0 Å². The van der Waals surface area contributed by atoms with Gasteiger partial charge in [-0.05, 0) is 30.6 Å². The van der Waals surface area contributed by atoms with Crippen LogP contribution in [0.25, 0.3) is 0 Å². The van der Waals surface area contributed by atoms with E-state index in [1.165, 1.54) is 6.42 Å².